The molecule has 1 N–H and O–H groups in total. The van der Waals surface area contributed by atoms with Crippen LogP contribution in [-0.4, -0.2) is 11.6 Å². The predicted octanol–water partition coefficient (Wildman–Crippen LogP) is 5.66. The molecular weight excluding hydrogens is 344 g/mol. The first-order valence-electron chi connectivity index (χ1n) is 9.20. The second-order valence-electron chi connectivity index (χ2n) is 6.64. The van der Waals surface area contributed by atoms with E-state index in [-0.39, 0.29) is 5.91 Å². The number of rotatable bonds is 4. The van der Waals surface area contributed by atoms with Crippen LogP contribution in [-0.2, 0) is 0 Å². The molecule has 0 aliphatic carbocycles. The number of fused-ring (bicyclic) bond motifs is 1. The van der Waals surface area contributed by atoms with Crippen molar-refractivity contribution in [2.75, 3.05) is 0 Å². The zero-order valence-electron chi connectivity index (χ0n) is 15.6. The number of nitrogens with one attached hydrogen (secondary N) is 1. The molecule has 0 saturated carbocycles. The lowest BCUT2D eigenvalue weighted by atomic mass is 10.0. The summed E-state index contributed by atoms with van der Waals surface area (Å²) in [4.78, 5) is 12.4. The minimum Gasteiger partial charge on any atom is -0.267 e. The van der Waals surface area contributed by atoms with E-state index >= 15 is 0 Å². The van der Waals surface area contributed by atoms with Gasteiger partial charge in [0.05, 0.1) is 5.71 Å². The monoisotopic (exact) mass is 364 g/mol. The molecule has 0 heterocycles. The van der Waals surface area contributed by atoms with Gasteiger partial charge >= 0.3 is 0 Å². The van der Waals surface area contributed by atoms with E-state index in [1.54, 1.807) is 0 Å². The van der Waals surface area contributed by atoms with Gasteiger partial charge in [0, 0.05) is 5.56 Å². The summed E-state index contributed by atoms with van der Waals surface area (Å²) in [5, 5.41) is 6.61. The molecule has 0 aromatic heterocycles. The van der Waals surface area contributed by atoms with Gasteiger partial charge in [0.25, 0.3) is 5.91 Å². The first-order chi connectivity index (χ1) is 13.7. The average molecular weight is 364 g/mol. The molecule has 0 radical (unpaired) electrons. The van der Waals surface area contributed by atoms with Crippen LogP contribution in [0.25, 0.3) is 21.9 Å². The smallest absolute Gasteiger partial charge is 0.267 e. The fourth-order valence-electron chi connectivity index (χ4n) is 3.12. The number of benzene rings is 4. The minimum absolute atomic E-state index is 0.222. The Kier molecular flexibility index (Phi) is 4.98. The van der Waals surface area contributed by atoms with E-state index in [9.17, 15) is 4.79 Å². The van der Waals surface area contributed by atoms with Crippen molar-refractivity contribution in [3.63, 3.8) is 0 Å². The second-order valence-corrected chi connectivity index (χ2v) is 6.64. The predicted molar refractivity (Wildman–Crippen MR) is 116 cm³/mol. The summed E-state index contributed by atoms with van der Waals surface area (Å²) >= 11 is 0. The van der Waals surface area contributed by atoms with Crippen molar-refractivity contribution >= 4 is 22.4 Å². The molecule has 4 rings (SSSR count). The second kappa shape index (κ2) is 7.89. The fraction of sp³-hybridized carbons (Fsp3) is 0.0400. The van der Waals surface area contributed by atoms with E-state index in [1.807, 2.05) is 79.7 Å². The van der Waals surface area contributed by atoms with Crippen LogP contribution < -0.4 is 5.43 Å². The lowest BCUT2D eigenvalue weighted by molar-refractivity contribution is 0.0955. The van der Waals surface area contributed by atoms with Crippen LogP contribution in [0.3, 0.4) is 0 Å². The molecule has 0 spiro atoms. The molecule has 0 atom stereocenters. The SMILES string of the molecule is C/C(=N/NC(=O)c1ccc(-c2ccccc2)cc1)c1ccc2ccccc2c1. The first kappa shape index (κ1) is 17.7. The Morgan fingerprint density at radius 2 is 1.29 bits per heavy atom. The molecule has 136 valence electrons. The molecule has 0 aliphatic heterocycles. The third-order valence-electron chi connectivity index (χ3n) is 4.75. The van der Waals surface area contributed by atoms with E-state index in [0.29, 0.717) is 5.56 Å². The van der Waals surface area contributed by atoms with E-state index in [4.69, 9.17) is 0 Å². The van der Waals surface area contributed by atoms with Crippen LogP contribution >= 0.6 is 0 Å². The Morgan fingerprint density at radius 3 is 2.04 bits per heavy atom. The molecule has 0 aliphatic rings. The third kappa shape index (κ3) is 3.84. The Hall–Kier alpha value is -3.72. The van der Waals surface area contributed by atoms with Crippen molar-refractivity contribution in [3.8, 4) is 11.1 Å². The van der Waals surface area contributed by atoms with Gasteiger partial charge in [-0.3, -0.25) is 4.79 Å². The van der Waals surface area contributed by atoms with Gasteiger partial charge in [-0.25, -0.2) is 5.43 Å². The van der Waals surface area contributed by atoms with Crippen LogP contribution in [0.1, 0.15) is 22.8 Å². The molecule has 28 heavy (non-hydrogen) atoms. The maximum atomic E-state index is 12.4. The summed E-state index contributed by atoms with van der Waals surface area (Å²) in [6.45, 7) is 1.89. The van der Waals surface area contributed by atoms with Gasteiger partial charge in [-0.15, -0.1) is 0 Å². The van der Waals surface area contributed by atoms with Crippen molar-refractivity contribution in [2.24, 2.45) is 5.10 Å². The topological polar surface area (TPSA) is 41.5 Å². The molecule has 3 nitrogen and oxygen atoms in total. The van der Waals surface area contributed by atoms with E-state index in [1.165, 1.54) is 5.39 Å². The number of carbonyl (C=O) groups excluding carboxylic acids is 1. The Morgan fingerprint density at radius 1 is 0.679 bits per heavy atom. The number of hydrogen-bond donors (Lipinski definition) is 1. The first-order valence-corrected chi connectivity index (χ1v) is 9.20. The maximum Gasteiger partial charge on any atom is 0.271 e. The highest BCUT2D eigenvalue weighted by atomic mass is 16.2. The molecule has 0 bridgehead atoms. The lowest BCUT2D eigenvalue weighted by Gasteiger charge is -2.06. The van der Waals surface area contributed by atoms with Gasteiger partial charge in [0.15, 0.2) is 0 Å². The van der Waals surface area contributed by atoms with Crippen LogP contribution in [0.5, 0.6) is 0 Å². The summed E-state index contributed by atoms with van der Waals surface area (Å²) in [5.41, 5.74) is 7.18. The summed E-state index contributed by atoms with van der Waals surface area (Å²) in [6, 6.07) is 32.0. The van der Waals surface area contributed by atoms with Gasteiger partial charge in [0.2, 0.25) is 0 Å². The summed E-state index contributed by atoms with van der Waals surface area (Å²) < 4.78 is 0. The standard InChI is InChI=1S/C25H20N2O/c1-18(23-16-13-20-9-5-6-10-24(20)17-23)26-27-25(28)22-14-11-21(12-15-22)19-7-3-2-4-8-19/h2-17H,1H3,(H,27,28)/b26-18-. The fourth-order valence-corrected chi connectivity index (χ4v) is 3.12. The largest absolute Gasteiger partial charge is 0.271 e. The minimum atomic E-state index is -0.222. The zero-order chi connectivity index (χ0) is 19.3. The number of amides is 1. The molecular formula is C25H20N2O. The van der Waals surface area contributed by atoms with Gasteiger partial charge in [-0.2, -0.15) is 5.10 Å². The maximum absolute atomic E-state index is 12.4. The number of carbonyl (C=O) groups is 1. The van der Waals surface area contributed by atoms with Crippen molar-refractivity contribution in [2.45, 2.75) is 6.92 Å². The quantitative estimate of drug-likeness (QED) is 0.368. The van der Waals surface area contributed by atoms with Gasteiger partial charge in [-0.05, 0) is 52.6 Å². The normalized spacial score (nSPS) is 11.4. The molecule has 4 aromatic carbocycles. The van der Waals surface area contributed by atoms with Crippen LogP contribution in [0.4, 0.5) is 0 Å². The van der Waals surface area contributed by atoms with E-state index < -0.39 is 0 Å². The van der Waals surface area contributed by atoms with E-state index in [2.05, 4.69) is 34.8 Å². The molecule has 0 fully saturated rings. The van der Waals surface area contributed by atoms with Crippen LogP contribution in [0, 0.1) is 0 Å². The highest BCUT2D eigenvalue weighted by Crippen LogP contribution is 2.19. The molecule has 3 heteroatoms. The van der Waals surface area contributed by atoms with Gasteiger partial charge in [0.1, 0.15) is 0 Å². The zero-order valence-corrected chi connectivity index (χ0v) is 15.6. The average Bonchev–Trinajstić information content (AvgIpc) is 2.77. The highest BCUT2D eigenvalue weighted by molar-refractivity contribution is 6.03. The van der Waals surface area contributed by atoms with Crippen LogP contribution in [0.15, 0.2) is 102 Å². The molecule has 0 saturated heterocycles. The van der Waals surface area contributed by atoms with Crippen molar-refractivity contribution in [3.05, 3.63) is 108 Å². The summed E-state index contributed by atoms with van der Waals surface area (Å²) in [7, 11) is 0. The van der Waals surface area contributed by atoms with Crippen molar-refractivity contribution < 1.29 is 4.79 Å². The molecule has 0 unspecified atom stereocenters. The third-order valence-corrected chi connectivity index (χ3v) is 4.75. The Bertz CT molecular complexity index is 1150. The van der Waals surface area contributed by atoms with Crippen LogP contribution in [0.2, 0.25) is 0 Å². The van der Waals surface area contributed by atoms with Gasteiger partial charge in [-0.1, -0.05) is 78.9 Å². The van der Waals surface area contributed by atoms with Gasteiger partial charge < -0.3 is 0 Å². The molecule has 4 aromatic rings. The summed E-state index contributed by atoms with van der Waals surface area (Å²) in [6.07, 6.45) is 0. The number of hydrogen-bond acceptors (Lipinski definition) is 2. The summed E-state index contributed by atoms with van der Waals surface area (Å²) in [5.74, 6) is -0.222. The number of hydrazone groups is 1. The lowest BCUT2D eigenvalue weighted by Crippen LogP contribution is -2.19. The Balaban J connectivity index is 1.48. The number of nitrogens with zero attached hydrogens (tertiary/aromatic N) is 1. The Labute approximate surface area is 164 Å². The van der Waals surface area contributed by atoms with Crippen molar-refractivity contribution in [1.82, 2.24) is 5.43 Å². The van der Waals surface area contributed by atoms with E-state index in [0.717, 1.165) is 27.8 Å². The molecule has 1 amide bonds. The highest BCUT2D eigenvalue weighted by Gasteiger charge is 2.06. The van der Waals surface area contributed by atoms with Crippen molar-refractivity contribution in [1.29, 1.82) is 0 Å².